The van der Waals surface area contributed by atoms with Crippen LogP contribution in [-0.2, 0) is 6.42 Å². The lowest BCUT2D eigenvalue weighted by atomic mass is 10.0. The van der Waals surface area contributed by atoms with Crippen molar-refractivity contribution in [1.29, 1.82) is 0 Å². The molecule has 0 aliphatic rings. The number of thiazole rings is 1. The zero-order chi connectivity index (χ0) is 11.4. The summed E-state index contributed by atoms with van der Waals surface area (Å²) in [5.74, 6) is 5.58. The third-order valence-electron chi connectivity index (χ3n) is 2.52. The fourth-order valence-corrected chi connectivity index (χ4v) is 2.39. The third-order valence-corrected chi connectivity index (χ3v) is 3.41. The number of nitrogens with one attached hydrogen (secondary N) is 1. The van der Waals surface area contributed by atoms with E-state index in [1.807, 2.05) is 11.7 Å². The van der Waals surface area contributed by atoms with Gasteiger partial charge in [0.2, 0.25) is 0 Å². The average molecular weight is 233 g/mol. The van der Waals surface area contributed by atoms with Gasteiger partial charge in [-0.2, -0.15) is 0 Å². The summed E-state index contributed by atoms with van der Waals surface area (Å²) in [5, 5.41) is 0. The molecule has 0 saturated carbocycles. The molecule has 3 nitrogen and oxygen atoms in total. The summed E-state index contributed by atoms with van der Waals surface area (Å²) in [7, 11) is 0. The van der Waals surface area contributed by atoms with Crippen molar-refractivity contribution in [3.63, 3.8) is 0 Å². The van der Waals surface area contributed by atoms with Crippen molar-refractivity contribution in [2.45, 2.75) is 19.4 Å². The predicted octanol–water partition coefficient (Wildman–Crippen LogP) is 2.20. The topological polar surface area (TPSA) is 50.9 Å². The molecule has 1 atom stereocenters. The third kappa shape index (κ3) is 2.66. The molecule has 0 fully saturated rings. The Kier molecular flexibility index (Phi) is 3.66. The zero-order valence-electron chi connectivity index (χ0n) is 9.18. The number of hydrazine groups is 1. The van der Waals surface area contributed by atoms with E-state index in [4.69, 9.17) is 5.84 Å². The fraction of sp³-hybridized carbons (Fsp3) is 0.250. The van der Waals surface area contributed by atoms with E-state index in [0.29, 0.717) is 0 Å². The summed E-state index contributed by atoms with van der Waals surface area (Å²) in [6, 6.07) is 8.63. The second-order valence-corrected chi connectivity index (χ2v) is 4.73. The van der Waals surface area contributed by atoms with Gasteiger partial charge in [0.15, 0.2) is 0 Å². The van der Waals surface area contributed by atoms with Crippen LogP contribution in [0, 0.1) is 6.92 Å². The minimum Gasteiger partial charge on any atom is -0.271 e. The first-order valence-electron chi connectivity index (χ1n) is 5.19. The first-order valence-corrected chi connectivity index (χ1v) is 6.07. The highest BCUT2D eigenvalue weighted by Gasteiger charge is 2.11. The van der Waals surface area contributed by atoms with E-state index in [1.54, 1.807) is 11.3 Å². The van der Waals surface area contributed by atoms with Crippen molar-refractivity contribution in [1.82, 2.24) is 10.4 Å². The second kappa shape index (κ2) is 5.21. The molecule has 0 aliphatic carbocycles. The Hall–Kier alpha value is -1.23. The molecule has 84 valence electrons. The maximum Gasteiger partial charge on any atom is 0.0794 e. The maximum absolute atomic E-state index is 5.58. The van der Waals surface area contributed by atoms with Gasteiger partial charge in [-0.05, 0) is 18.9 Å². The first kappa shape index (κ1) is 11.3. The first-order chi connectivity index (χ1) is 7.79. The van der Waals surface area contributed by atoms with Crippen LogP contribution in [-0.4, -0.2) is 4.98 Å². The van der Waals surface area contributed by atoms with Crippen LogP contribution in [0.2, 0.25) is 0 Å². The van der Waals surface area contributed by atoms with Crippen LogP contribution < -0.4 is 11.3 Å². The number of aryl methyl sites for hydroxylation is 1. The molecule has 0 spiro atoms. The van der Waals surface area contributed by atoms with Gasteiger partial charge in [-0.3, -0.25) is 16.3 Å². The van der Waals surface area contributed by atoms with Gasteiger partial charge in [-0.25, -0.2) is 0 Å². The Balaban J connectivity index is 2.13. The highest BCUT2D eigenvalue weighted by atomic mass is 32.1. The van der Waals surface area contributed by atoms with E-state index in [2.05, 4.69) is 41.6 Å². The quantitative estimate of drug-likeness (QED) is 0.629. The van der Waals surface area contributed by atoms with Crippen LogP contribution >= 0.6 is 11.3 Å². The summed E-state index contributed by atoms with van der Waals surface area (Å²) in [6.45, 7) is 2.10. The largest absolute Gasteiger partial charge is 0.271 e. The number of rotatable bonds is 4. The monoisotopic (exact) mass is 233 g/mol. The van der Waals surface area contributed by atoms with Gasteiger partial charge in [-0.15, -0.1) is 11.3 Å². The van der Waals surface area contributed by atoms with Crippen LogP contribution in [0.1, 0.15) is 22.0 Å². The lowest BCUT2D eigenvalue weighted by Gasteiger charge is -2.13. The molecule has 2 rings (SSSR count). The molecule has 2 aromatic rings. The van der Waals surface area contributed by atoms with Crippen molar-refractivity contribution in [2.75, 3.05) is 0 Å². The van der Waals surface area contributed by atoms with Crippen molar-refractivity contribution < 1.29 is 0 Å². The summed E-state index contributed by atoms with van der Waals surface area (Å²) in [4.78, 5) is 5.24. The van der Waals surface area contributed by atoms with Gasteiger partial charge in [0.25, 0.3) is 0 Å². The van der Waals surface area contributed by atoms with Crippen LogP contribution in [0.15, 0.2) is 36.0 Å². The molecule has 3 N–H and O–H groups in total. The van der Waals surface area contributed by atoms with Crippen molar-refractivity contribution >= 4 is 11.3 Å². The molecule has 1 aromatic carbocycles. The summed E-state index contributed by atoms with van der Waals surface area (Å²) < 4.78 is 0. The van der Waals surface area contributed by atoms with E-state index in [1.165, 1.54) is 16.0 Å². The smallest absolute Gasteiger partial charge is 0.0794 e. The highest BCUT2D eigenvalue weighted by Crippen LogP contribution is 2.21. The van der Waals surface area contributed by atoms with Crippen LogP contribution in [0.4, 0.5) is 0 Å². The minimum atomic E-state index is 0.147. The van der Waals surface area contributed by atoms with Gasteiger partial charge >= 0.3 is 0 Å². The molecular weight excluding hydrogens is 218 g/mol. The summed E-state index contributed by atoms with van der Waals surface area (Å²) in [5.41, 5.74) is 7.24. The predicted molar refractivity (Wildman–Crippen MR) is 67.1 cm³/mol. The Labute approximate surface area is 99.3 Å². The SMILES string of the molecule is Cc1cccc(CC(NN)c2cncs2)c1. The van der Waals surface area contributed by atoms with Crippen LogP contribution in [0.3, 0.4) is 0 Å². The number of nitrogens with two attached hydrogens (primary N) is 1. The van der Waals surface area contributed by atoms with Crippen molar-refractivity contribution in [3.05, 3.63) is 52.0 Å². The Morgan fingerprint density at radius 1 is 1.50 bits per heavy atom. The van der Waals surface area contributed by atoms with E-state index in [-0.39, 0.29) is 6.04 Å². The molecule has 1 heterocycles. The number of nitrogens with zero attached hydrogens (tertiary/aromatic N) is 1. The van der Waals surface area contributed by atoms with Gasteiger partial charge in [-0.1, -0.05) is 29.8 Å². The lowest BCUT2D eigenvalue weighted by molar-refractivity contribution is 0.559. The van der Waals surface area contributed by atoms with Gasteiger partial charge in [0.1, 0.15) is 0 Å². The van der Waals surface area contributed by atoms with Crippen LogP contribution in [0.25, 0.3) is 0 Å². The lowest BCUT2D eigenvalue weighted by Crippen LogP contribution is -2.28. The number of aromatic nitrogens is 1. The standard InChI is InChI=1S/C12H15N3S/c1-9-3-2-4-10(5-9)6-11(15-13)12-7-14-8-16-12/h2-5,7-8,11,15H,6,13H2,1H3. The van der Waals surface area contributed by atoms with Crippen LogP contribution in [0.5, 0.6) is 0 Å². The van der Waals surface area contributed by atoms with E-state index in [9.17, 15) is 0 Å². The molecule has 1 unspecified atom stereocenters. The molecule has 0 saturated heterocycles. The molecule has 0 radical (unpaired) electrons. The Morgan fingerprint density at radius 2 is 2.38 bits per heavy atom. The number of hydrogen-bond acceptors (Lipinski definition) is 4. The highest BCUT2D eigenvalue weighted by molar-refractivity contribution is 7.09. The molecular formula is C12H15N3S. The molecule has 0 aliphatic heterocycles. The average Bonchev–Trinajstić information content (AvgIpc) is 2.79. The van der Waals surface area contributed by atoms with Crippen molar-refractivity contribution in [2.24, 2.45) is 5.84 Å². The molecule has 16 heavy (non-hydrogen) atoms. The van der Waals surface area contributed by atoms with E-state index in [0.717, 1.165) is 6.42 Å². The summed E-state index contributed by atoms with van der Waals surface area (Å²) in [6.07, 6.45) is 2.76. The van der Waals surface area contributed by atoms with E-state index < -0.39 is 0 Å². The van der Waals surface area contributed by atoms with Gasteiger partial charge < -0.3 is 0 Å². The Bertz CT molecular complexity index is 439. The second-order valence-electron chi connectivity index (χ2n) is 3.82. The zero-order valence-corrected chi connectivity index (χ0v) is 10.00. The van der Waals surface area contributed by atoms with Gasteiger partial charge in [0.05, 0.1) is 11.6 Å². The van der Waals surface area contributed by atoms with Gasteiger partial charge in [0, 0.05) is 11.1 Å². The minimum absolute atomic E-state index is 0.147. The normalized spacial score (nSPS) is 12.6. The molecule has 0 bridgehead atoms. The summed E-state index contributed by atoms with van der Waals surface area (Å²) >= 11 is 1.63. The van der Waals surface area contributed by atoms with Crippen molar-refractivity contribution in [3.8, 4) is 0 Å². The number of benzene rings is 1. The molecule has 4 heteroatoms. The number of hydrogen-bond donors (Lipinski definition) is 2. The maximum atomic E-state index is 5.58. The molecule has 1 aromatic heterocycles. The Morgan fingerprint density at radius 3 is 3.00 bits per heavy atom. The van der Waals surface area contributed by atoms with E-state index >= 15 is 0 Å². The molecule has 0 amide bonds. The fourth-order valence-electron chi connectivity index (χ4n) is 1.71.